The first-order valence-electron chi connectivity index (χ1n) is 8.25. The quantitative estimate of drug-likeness (QED) is 0.910. The molecule has 1 aliphatic rings. The highest BCUT2D eigenvalue weighted by atomic mass is 16.3. The lowest BCUT2D eigenvalue weighted by Gasteiger charge is -2.27. The maximum atomic E-state index is 12.7. The topological polar surface area (TPSA) is 70.5 Å². The van der Waals surface area contributed by atoms with E-state index in [1.807, 2.05) is 43.3 Å². The summed E-state index contributed by atoms with van der Waals surface area (Å²) in [6.07, 6.45) is 3.55. The molecule has 5 heteroatoms. The average molecular weight is 336 g/mol. The van der Waals surface area contributed by atoms with E-state index in [0.717, 1.165) is 16.7 Å². The number of aliphatic hydroxyl groups excluding tert-OH is 1. The molecule has 0 fully saturated rings. The second-order valence-corrected chi connectivity index (χ2v) is 6.14. The number of hydrogen-bond acceptors (Lipinski definition) is 4. The number of benzene rings is 1. The Morgan fingerprint density at radius 2 is 1.96 bits per heavy atom. The number of aromatic nitrogens is 1. The van der Waals surface area contributed by atoms with Gasteiger partial charge in [-0.3, -0.25) is 14.6 Å². The Bertz CT molecular complexity index is 843. The average Bonchev–Trinajstić information content (AvgIpc) is 2.87. The van der Waals surface area contributed by atoms with Crippen LogP contribution in [0.15, 0.2) is 60.1 Å². The summed E-state index contributed by atoms with van der Waals surface area (Å²) >= 11 is 0. The number of carbonyl (C=O) groups is 2. The van der Waals surface area contributed by atoms with Crippen LogP contribution >= 0.6 is 0 Å². The molecule has 1 unspecified atom stereocenters. The lowest BCUT2D eigenvalue weighted by atomic mass is 9.94. The first-order chi connectivity index (χ1) is 12.0. The molecule has 1 N–H and O–H groups in total. The normalized spacial score (nSPS) is 17.3. The van der Waals surface area contributed by atoms with Crippen molar-refractivity contribution in [3.8, 4) is 0 Å². The summed E-state index contributed by atoms with van der Waals surface area (Å²) in [6, 6.07) is 10.7. The van der Waals surface area contributed by atoms with Gasteiger partial charge in [-0.15, -0.1) is 0 Å². The van der Waals surface area contributed by atoms with Crippen molar-refractivity contribution in [2.45, 2.75) is 32.9 Å². The number of amides is 1. The minimum absolute atomic E-state index is 0.187. The molecule has 25 heavy (non-hydrogen) atoms. The molecule has 0 radical (unpaired) electrons. The summed E-state index contributed by atoms with van der Waals surface area (Å²) < 4.78 is 0. The summed E-state index contributed by atoms with van der Waals surface area (Å²) in [7, 11) is 0. The van der Waals surface area contributed by atoms with Crippen LogP contribution < -0.4 is 0 Å². The van der Waals surface area contributed by atoms with E-state index >= 15 is 0 Å². The third-order valence-electron chi connectivity index (χ3n) is 4.39. The molecule has 0 aliphatic carbocycles. The van der Waals surface area contributed by atoms with Crippen molar-refractivity contribution in [3.63, 3.8) is 0 Å². The van der Waals surface area contributed by atoms with Crippen LogP contribution in [0.5, 0.6) is 0 Å². The lowest BCUT2D eigenvalue weighted by Crippen LogP contribution is -2.30. The number of aliphatic hydroxyl groups is 1. The van der Waals surface area contributed by atoms with Crippen molar-refractivity contribution in [2.75, 3.05) is 0 Å². The fraction of sp³-hybridized carbons (Fsp3) is 0.250. The monoisotopic (exact) mass is 336 g/mol. The van der Waals surface area contributed by atoms with Gasteiger partial charge in [-0.2, -0.15) is 0 Å². The molecule has 1 aromatic heterocycles. The van der Waals surface area contributed by atoms with Gasteiger partial charge < -0.3 is 10.0 Å². The third kappa shape index (κ3) is 3.18. The first kappa shape index (κ1) is 16.9. The van der Waals surface area contributed by atoms with E-state index < -0.39 is 17.7 Å². The van der Waals surface area contributed by atoms with Crippen LogP contribution in [0.4, 0.5) is 0 Å². The van der Waals surface area contributed by atoms with Crippen molar-refractivity contribution in [2.24, 2.45) is 0 Å². The molecular weight excluding hydrogens is 316 g/mol. The van der Waals surface area contributed by atoms with Crippen molar-refractivity contribution in [3.05, 3.63) is 76.8 Å². The predicted molar refractivity (Wildman–Crippen MR) is 93.7 cm³/mol. The van der Waals surface area contributed by atoms with Crippen LogP contribution in [0, 0.1) is 6.92 Å². The van der Waals surface area contributed by atoms with Gasteiger partial charge in [0.1, 0.15) is 0 Å². The summed E-state index contributed by atoms with van der Waals surface area (Å²) in [5.41, 5.74) is 2.93. The maximum absolute atomic E-state index is 12.7. The van der Waals surface area contributed by atoms with E-state index in [1.165, 1.54) is 0 Å². The number of Topliss-reactive ketones (excluding diaryl/α,β-unsaturated/α-hetero) is 1. The molecule has 1 aromatic carbocycles. The zero-order valence-electron chi connectivity index (χ0n) is 14.3. The van der Waals surface area contributed by atoms with Crippen LogP contribution in [-0.2, 0) is 16.1 Å². The number of hydrogen-bond donors (Lipinski definition) is 1. The third-order valence-corrected chi connectivity index (χ3v) is 4.39. The highest BCUT2D eigenvalue weighted by Gasteiger charge is 2.42. The number of rotatable bonds is 5. The smallest absolute Gasteiger partial charge is 0.290 e. The molecule has 5 nitrogen and oxygen atoms in total. The Morgan fingerprint density at radius 1 is 1.24 bits per heavy atom. The van der Waals surface area contributed by atoms with Crippen LogP contribution in [0.1, 0.15) is 36.1 Å². The summed E-state index contributed by atoms with van der Waals surface area (Å²) in [4.78, 5) is 30.6. The number of nitrogens with zero attached hydrogens (tertiary/aromatic N) is 2. The van der Waals surface area contributed by atoms with Gasteiger partial charge in [0.05, 0.1) is 11.6 Å². The van der Waals surface area contributed by atoms with Gasteiger partial charge in [0.15, 0.2) is 11.5 Å². The molecule has 3 rings (SSSR count). The first-order valence-corrected chi connectivity index (χ1v) is 8.25. The SMILES string of the molecule is CCC(=O)C1=C(O)C(=O)N(Cc2ccncc2)C1c1cccc(C)c1. The largest absolute Gasteiger partial charge is 0.503 e. The molecule has 0 spiro atoms. The highest BCUT2D eigenvalue weighted by Crippen LogP contribution is 2.39. The van der Waals surface area contributed by atoms with Gasteiger partial charge in [0, 0.05) is 25.4 Å². The number of carbonyl (C=O) groups excluding carboxylic acids is 2. The van der Waals surface area contributed by atoms with Crippen molar-refractivity contribution in [1.29, 1.82) is 0 Å². The summed E-state index contributed by atoms with van der Waals surface area (Å²) in [5, 5.41) is 10.4. The van der Waals surface area contributed by atoms with Crippen LogP contribution in [0.3, 0.4) is 0 Å². The van der Waals surface area contributed by atoms with Gasteiger partial charge in [-0.05, 0) is 30.2 Å². The Hall–Kier alpha value is -2.95. The van der Waals surface area contributed by atoms with Crippen molar-refractivity contribution >= 4 is 11.7 Å². The zero-order valence-corrected chi connectivity index (χ0v) is 14.3. The fourth-order valence-corrected chi connectivity index (χ4v) is 3.16. The highest BCUT2D eigenvalue weighted by molar-refractivity contribution is 6.08. The van der Waals surface area contributed by atoms with Gasteiger partial charge >= 0.3 is 0 Å². The second-order valence-electron chi connectivity index (χ2n) is 6.14. The minimum Gasteiger partial charge on any atom is -0.503 e. The standard InChI is InChI=1S/C20H20N2O3/c1-3-16(23)17-18(15-6-4-5-13(2)11-15)22(20(25)19(17)24)12-14-7-9-21-10-8-14/h4-11,18,24H,3,12H2,1-2H3. The molecule has 1 aliphatic heterocycles. The molecule has 1 amide bonds. The van der Waals surface area contributed by atoms with Crippen molar-refractivity contribution in [1.82, 2.24) is 9.88 Å². The molecular formula is C20H20N2O3. The van der Waals surface area contributed by atoms with E-state index in [4.69, 9.17) is 0 Å². The van der Waals surface area contributed by atoms with Gasteiger partial charge in [0.2, 0.25) is 0 Å². The summed E-state index contributed by atoms with van der Waals surface area (Å²) in [6.45, 7) is 3.98. The molecule has 1 atom stereocenters. The molecule has 128 valence electrons. The number of pyridine rings is 1. The fourth-order valence-electron chi connectivity index (χ4n) is 3.16. The number of aryl methyl sites for hydroxylation is 1. The van der Waals surface area contributed by atoms with E-state index in [9.17, 15) is 14.7 Å². The molecule has 2 heterocycles. The van der Waals surface area contributed by atoms with E-state index in [0.29, 0.717) is 6.54 Å². The number of ketones is 1. The van der Waals surface area contributed by atoms with Gasteiger partial charge in [0.25, 0.3) is 5.91 Å². The molecule has 2 aromatic rings. The Morgan fingerprint density at radius 3 is 2.60 bits per heavy atom. The van der Waals surface area contributed by atoms with Gasteiger partial charge in [-0.25, -0.2) is 0 Å². The minimum atomic E-state index is -0.576. The maximum Gasteiger partial charge on any atom is 0.290 e. The van der Waals surface area contributed by atoms with E-state index in [-0.39, 0.29) is 17.8 Å². The Kier molecular flexibility index (Phi) is 4.65. The molecule has 0 saturated heterocycles. The van der Waals surface area contributed by atoms with Crippen molar-refractivity contribution < 1.29 is 14.7 Å². The summed E-state index contributed by atoms with van der Waals surface area (Å²) in [5.74, 6) is -1.16. The molecule has 0 bridgehead atoms. The van der Waals surface area contributed by atoms with E-state index in [2.05, 4.69) is 4.98 Å². The van der Waals surface area contributed by atoms with Crippen LogP contribution in [-0.4, -0.2) is 26.7 Å². The predicted octanol–water partition coefficient (Wildman–Crippen LogP) is 3.26. The molecule has 0 saturated carbocycles. The Balaban J connectivity index is 2.07. The lowest BCUT2D eigenvalue weighted by molar-refractivity contribution is -0.130. The van der Waals surface area contributed by atoms with Crippen LogP contribution in [0.2, 0.25) is 0 Å². The van der Waals surface area contributed by atoms with Gasteiger partial charge in [-0.1, -0.05) is 36.8 Å². The Labute approximate surface area is 146 Å². The second kappa shape index (κ2) is 6.89. The van der Waals surface area contributed by atoms with E-state index in [1.54, 1.807) is 24.2 Å². The zero-order chi connectivity index (χ0) is 18.0. The van der Waals surface area contributed by atoms with Crippen LogP contribution in [0.25, 0.3) is 0 Å².